The van der Waals surface area contributed by atoms with Crippen molar-refractivity contribution in [3.05, 3.63) is 75.8 Å². The Labute approximate surface area is 185 Å². The normalized spacial score (nSPS) is 11.0. The first-order valence-corrected chi connectivity index (χ1v) is 11.2. The first kappa shape index (κ1) is 20.5. The second kappa shape index (κ2) is 9.38. The molecule has 0 unspecified atom stereocenters. The van der Waals surface area contributed by atoms with Crippen molar-refractivity contribution in [3.63, 3.8) is 0 Å². The van der Waals surface area contributed by atoms with Gasteiger partial charge in [0.05, 0.1) is 17.2 Å². The Morgan fingerprint density at radius 3 is 2.80 bits per heavy atom. The van der Waals surface area contributed by atoms with Crippen molar-refractivity contribution in [1.29, 1.82) is 0 Å². The highest BCUT2D eigenvalue weighted by atomic mass is 35.5. The molecule has 0 aliphatic heterocycles. The molecule has 1 amide bonds. The number of anilines is 1. The number of carbonyl (C=O) groups is 1. The van der Waals surface area contributed by atoms with Crippen molar-refractivity contribution in [2.24, 2.45) is 0 Å². The average Bonchev–Trinajstić information content (AvgIpc) is 3.20. The number of benzene rings is 2. The van der Waals surface area contributed by atoms with E-state index in [1.807, 2.05) is 30.3 Å². The van der Waals surface area contributed by atoms with E-state index in [1.54, 1.807) is 18.2 Å². The maximum Gasteiger partial charge on any atom is 0.261 e. The Balaban J connectivity index is 1.32. The zero-order valence-corrected chi connectivity index (χ0v) is 18.0. The molecule has 7 nitrogen and oxygen atoms in total. The first-order chi connectivity index (χ1) is 14.6. The predicted molar refractivity (Wildman–Crippen MR) is 120 cm³/mol. The summed E-state index contributed by atoms with van der Waals surface area (Å²) in [5.74, 6) is 0.425. The Hall–Kier alpha value is -2.75. The monoisotopic (exact) mass is 457 g/mol. The van der Waals surface area contributed by atoms with Gasteiger partial charge < -0.3 is 5.32 Å². The highest BCUT2D eigenvalue weighted by molar-refractivity contribution is 8.00. The maximum absolute atomic E-state index is 12.5. The number of rotatable bonds is 7. The van der Waals surface area contributed by atoms with E-state index in [2.05, 4.69) is 20.5 Å². The molecule has 2 heterocycles. The van der Waals surface area contributed by atoms with Crippen molar-refractivity contribution in [2.45, 2.75) is 23.1 Å². The molecule has 0 bridgehead atoms. The Morgan fingerprint density at radius 2 is 1.93 bits per heavy atom. The molecular weight excluding hydrogens is 442 g/mol. The standard InChI is InChI=1S/C20H16ClN5O2S2/c21-15-7-3-1-5-13(15)11-29-20-25-24-19(30-20)23-17(27)9-10-26-12-22-16-8-4-2-6-14(16)18(26)28/h1-8,12H,9-11H2,(H,23,24,27). The zero-order valence-electron chi connectivity index (χ0n) is 15.6. The molecule has 4 aromatic rings. The van der Waals surface area contributed by atoms with Crippen LogP contribution in [0.25, 0.3) is 10.9 Å². The fourth-order valence-corrected chi connectivity index (χ4v) is 4.80. The summed E-state index contributed by atoms with van der Waals surface area (Å²) in [5.41, 5.74) is 1.49. The molecule has 0 aliphatic rings. The van der Waals surface area contributed by atoms with Crippen molar-refractivity contribution >= 4 is 56.6 Å². The highest BCUT2D eigenvalue weighted by Gasteiger charge is 2.11. The Morgan fingerprint density at radius 1 is 1.13 bits per heavy atom. The van der Waals surface area contributed by atoms with Gasteiger partial charge >= 0.3 is 0 Å². The van der Waals surface area contributed by atoms with Crippen LogP contribution in [-0.2, 0) is 17.1 Å². The number of nitrogens with one attached hydrogen (secondary N) is 1. The number of aryl methyl sites for hydroxylation is 1. The molecule has 2 aromatic heterocycles. The van der Waals surface area contributed by atoms with Crippen molar-refractivity contribution in [1.82, 2.24) is 19.7 Å². The van der Waals surface area contributed by atoms with Gasteiger partial charge in [0.15, 0.2) is 4.34 Å². The third-order valence-corrected chi connectivity index (χ3v) is 6.66. The molecule has 0 atom stereocenters. The van der Waals surface area contributed by atoms with E-state index in [0.717, 1.165) is 9.90 Å². The van der Waals surface area contributed by atoms with Crippen LogP contribution in [0.4, 0.5) is 5.13 Å². The number of aromatic nitrogens is 4. The van der Waals surface area contributed by atoms with Crippen LogP contribution in [0.1, 0.15) is 12.0 Å². The molecule has 0 spiro atoms. The van der Waals surface area contributed by atoms with Crippen LogP contribution in [0.3, 0.4) is 0 Å². The largest absolute Gasteiger partial charge is 0.300 e. The van der Waals surface area contributed by atoms with Gasteiger partial charge in [-0.2, -0.15) is 0 Å². The number of fused-ring (bicyclic) bond motifs is 1. The molecule has 10 heteroatoms. The van der Waals surface area contributed by atoms with Gasteiger partial charge in [-0.1, -0.05) is 65.0 Å². The van der Waals surface area contributed by atoms with Gasteiger partial charge in [-0.25, -0.2) is 4.98 Å². The predicted octanol–water partition coefficient (Wildman–Crippen LogP) is 4.22. The minimum atomic E-state index is -0.242. The molecule has 0 fully saturated rings. The number of thioether (sulfide) groups is 1. The molecule has 2 aromatic carbocycles. The minimum absolute atomic E-state index is 0.127. The van der Waals surface area contributed by atoms with Gasteiger partial charge in [0.25, 0.3) is 5.56 Å². The summed E-state index contributed by atoms with van der Waals surface area (Å²) in [5, 5.41) is 12.5. The van der Waals surface area contributed by atoms with Crippen LogP contribution < -0.4 is 10.9 Å². The van der Waals surface area contributed by atoms with E-state index in [9.17, 15) is 9.59 Å². The van der Waals surface area contributed by atoms with Gasteiger partial charge in [-0.05, 0) is 23.8 Å². The molecule has 152 valence electrons. The Kier molecular flexibility index (Phi) is 6.41. The number of nitrogens with zero attached hydrogens (tertiary/aromatic N) is 4. The van der Waals surface area contributed by atoms with Crippen LogP contribution in [0.15, 0.2) is 64.0 Å². The summed E-state index contributed by atoms with van der Waals surface area (Å²) in [6.45, 7) is 0.232. The summed E-state index contributed by atoms with van der Waals surface area (Å²) in [4.78, 5) is 29.0. The van der Waals surface area contributed by atoms with Gasteiger partial charge in [0.1, 0.15) is 0 Å². The van der Waals surface area contributed by atoms with Crippen LogP contribution in [0, 0.1) is 0 Å². The minimum Gasteiger partial charge on any atom is -0.300 e. The molecule has 0 aliphatic carbocycles. The van der Waals surface area contributed by atoms with Crippen molar-refractivity contribution in [2.75, 3.05) is 5.32 Å². The van der Waals surface area contributed by atoms with E-state index in [1.165, 1.54) is 34.0 Å². The average molecular weight is 458 g/mol. The second-order valence-corrected chi connectivity index (χ2v) is 8.92. The van der Waals surface area contributed by atoms with Crippen LogP contribution in [0.2, 0.25) is 5.02 Å². The first-order valence-electron chi connectivity index (χ1n) is 9.04. The van der Waals surface area contributed by atoms with Gasteiger partial charge in [-0.3, -0.25) is 14.2 Å². The molecular formula is C20H16ClN5O2S2. The van der Waals surface area contributed by atoms with E-state index < -0.39 is 0 Å². The number of hydrogen-bond donors (Lipinski definition) is 1. The third kappa shape index (κ3) is 4.86. The SMILES string of the molecule is O=C(CCn1cnc2ccccc2c1=O)Nc1nnc(SCc2ccccc2Cl)s1. The van der Waals surface area contributed by atoms with Crippen molar-refractivity contribution in [3.8, 4) is 0 Å². The topological polar surface area (TPSA) is 89.8 Å². The summed E-state index contributed by atoms with van der Waals surface area (Å²) < 4.78 is 2.17. The quantitative estimate of drug-likeness (QED) is 0.330. The number of hydrogen-bond acceptors (Lipinski definition) is 7. The van der Waals surface area contributed by atoms with E-state index in [-0.39, 0.29) is 24.4 Å². The fourth-order valence-electron chi connectivity index (χ4n) is 2.74. The number of amides is 1. The molecule has 1 N–H and O–H groups in total. The maximum atomic E-state index is 12.5. The lowest BCUT2D eigenvalue weighted by Gasteiger charge is -2.06. The second-order valence-electron chi connectivity index (χ2n) is 6.31. The summed E-state index contributed by atoms with van der Waals surface area (Å²) in [7, 11) is 0. The summed E-state index contributed by atoms with van der Waals surface area (Å²) in [6.07, 6.45) is 1.59. The van der Waals surface area contributed by atoms with Crippen LogP contribution in [0.5, 0.6) is 0 Å². The number of para-hydroxylation sites is 1. The zero-order chi connectivity index (χ0) is 20.9. The smallest absolute Gasteiger partial charge is 0.261 e. The van der Waals surface area contributed by atoms with Crippen LogP contribution >= 0.6 is 34.7 Å². The van der Waals surface area contributed by atoms with E-state index in [4.69, 9.17) is 11.6 Å². The number of halogens is 1. The lowest BCUT2D eigenvalue weighted by atomic mass is 10.2. The van der Waals surface area contributed by atoms with Gasteiger partial charge in [0.2, 0.25) is 11.0 Å². The van der Waals surface area contributed by atoms with Crippen molar-refractivity contribution < 1.29 is 4.79 Å². The molecule has 0 saturated carbocycles. The molecule has 0 saturated heterocycles. The fraction of sp³-hybridized carbons (Fsp3) is 0.150. The molecule has 0 radical (unpaired) electrons. The lowest BCUT2D eigenvalue weighted by molar-refractivity contribution is -0.116. The summed E-state index contributed by atoms with van der Waals surface area (Å²) >= 11 is 8.96. The van der Waals surface area contributed by atoms with Gasteiger partial charge in [-0.15, -0.1) is 10.2 Å². The van der Waals surface area contributed by atoms with Gasteiger partial charge in [0, 0.05) is 23.7 Å². The van der Waals surface area contributed by atoms with E-state index in [0.29, 0.717) is 26.8 Å². The third-order valence-electron chi connectivity index (χ3n) is 4.27. The Bertz CT molecular complexity index is 1260. The van der Waals surface area contributed by atoms with Crippen LogP contribution in [-0.4, -0.2) is 25.7 Å². The number of carbonyl (C=O) groups excluding carboxylic acids is 1. The highest BCUT2D eigenvalue weighted by Crippen LogP contribution is 2.30. The van der Waals surface area contributed by atoms with E-state index >= 15 is 0 Å². The molecule has 30 heavy (non-hydrogen) atoms. The lowest BCUT2D eigenvalue weighted by Crippen LogP contribution is -2.23. The summed E-state index contributed by atoms with van der Waals surface area (Å²) in [6, 6.07) is 14.8. The molecule has 4 rings (SSSR count).